The highest BCUT2D eigenvalue weighted by Gasteiger charge is 2.16. The summed E-state index contributed by atoms with van der Waals surface area (Å²) in [5, 5.41) is 9.90. The van der Waals surface area contributed by atoms with Crippen LogP contribution in [0.1, 0.15) is 25.0 Å². The van der Waals surface area contributed by atoms with Gasteiger partial charge in [0, 0.05) is 0 Å². The van der Waals surface area contributed by atoms with Crippen molar-refractivity contribution in [2.24, 2.45) is 0 Å². The second kappa shape index (κ2) is 6.86. The lowest BCUT2D eigenvalue weighted by atomic mass is 10.1. The predicted molar refractivity (Wildman–Crippen MR) is 65.8 cm³/mol. The van der Waals surface area contributed by atoms with E-state index >= 15 is 0 Å². The predicted octanol–water partition coefficient (Wildman–Crippen LogP) is 1.69. The Hall–Kier alpha value is -1.75. The van der Waals surface area contributed by atoms with Crippen LogP contribution in [-0.4, -0.2) is 31.9 Å². The summed E-state index contributed by atoms with van der Waals surface area (Å²) in [5.41, 5.74) is 0.584. The zero-order chi connectivity index (χ0) is 13.5. The van der Waals surface area contributed by atoms with Gasteiger partial charge in [-0.1, -0.05) is 6.07 Å². The average Bonchev–Trinajstić information content (AvgIpc) is 2.38. The minimum atomic E-state index is -0.913. The van der Waals surface area contributed by atoms with Crippen LogP contribution < -0.4 is 9.47 Å². The van der Waals surface area contributed by atoms with E-state index < -0.39 is 12.1 Å². The third-order valence-corrected chi connectivity index (χ3v) is 2.46. The van der Waals surface area contributed by atoms with Crippen LogP contribution in [0.3, 0.4) is 0 Å². The summed E-state index contributed by atoms with van der Waals surface area (Å²) < 4.78 is 15.0. The number of aliphatic hydroxyl groups excluding tert-OH is 1. The van der Waals surface area contributed by atoms with Crippen LogP contribution in [0.25, 0.3) is 0 Å². The molecule has 100 valence electrons. The van der Waals surface area contributed by atoms with E-state index in [0.29, 0.717) is 23.7 Å². The topological polar surface area (TPSA) is 65.0 Å². The normalized spacial score (nSPS) is 11.8. The Bertz CT molecular complexity index is 402. The third kappa shape index (κ3) is 3.63. The standard InChI is InChI=1S/C13H18O5/c1-4-18-13(15)8-10(14)9-5-6-11(16-2)12(7-9)17-3/h5-7,10,14H,4,8H2,1-3H3/t10-/m0/s1. The lowest BCUT2D eigenvalue weighted by Crippen LogP contribution is -2.10. The summed E-state index contributed by atoms with van der Waals surface area (Å²) in [6.07, 6.45) is -0.993. The van der Waals surface area contributed by atoms with E-state index in [2.05, 4.69) is 0 Å². The van der Waals surface area contributed by atoms with E-state index in [9.17, 15) is 9.90 Å². The van der Waals surface area contributed by atoms with E-state index in [1.807, 2.05) is 0 Å². The average molecular weight is 254 g/mol. The highest BCUT2D eigenvalue weighted by atomic mass is 16.5. The number of carbonyl (C=O) groups excluding carboxylic acids is 1. The Balaban J connectivity index is 2.79. The van der Waals surface area contributed by atoms with Crippen molar-refractivity contribution >= 4 is 5.97 Å². The van der Waals surface area contributed by atoms with Crippen molar-refractivity contribution < 1.29 is 24.1 Å². The Labute approximate surface area is 106 Å². The molecule has 0 heterocycles. The Morgan fingerprint density at radius 1 is 1.28 bits per heavy atom. The molecule has 0 aromatic heterocycles. The largest absolute Gasteiger partial charge is 0.493 e. The van der Waals surface area contributed by atoms with Gasteiger partial charge in [0.05, 0.1) is 33.4 Å². The van der Waals surface area contributed by atoms with E-state index in [-0.39, 0.29) is 6.42 Å². The summed E-state index contributed by atoms with van der Waals surface area (Å²) >= 11 is 0. The molecule has 1 rings (SSSR count). The van der Waals surface area contributed by atoms with E-state index in [1.165, 1.54) is 14.2 Å². The van der Waals surface area contributed by atoms with Gasteiger partial charge >= 0.3 is 5.97 Å². The number of ether oxygens (including phenoxy) is 3. The van der Waals surface area contributed by atoms with Gasteiger partial charge in [-0.3, -0.25) is 4.79 Å². The summed E-state index contributed by atoms with van der Waals surface area (Å²) in [6, 6.07) is 5.01. The molecule has 5 nitrogen and oxygen atoms in total. The molecule has 0 aliphatic rings. The van der Waals surface area contributed by atoms with Crippen LogP contribution in [0.2, 0.25) is 0 Å². The number of aliphatic hydroxyl groups is 1. The van der Waals surface area contributed by atoms with Crippen molar-refractivity contribution in [3.05, 3.63) is 23.8 Å². The van der Waals surface area contributed by atoms with Gasteiger partial charge in [-0.05, 0) is 24.6 Å². The first-order chi connectivity index (χ1) is 8.62. The molecule has 0 radical (unpaired) electrons. The first kappa shape index (κ1) is 14.3. The molecule has 18 heavy (non-hydrogen) atoms. The summed E-state index contributed by atoms with van der Waals surface area (Å²) in [7, 11) is 3.05. The van der Waals surface area contributed by atoms with E-state index in [0.717, 1.165) is 0 Å². The molecule has 0 unspecified atom stereocenters. The van der Waals surface area contributed by atoms with Crippen molar-refractivity contribution in [3.63, 3.8) is 0 Å². The number of carbonyl (C=O) groups is 1. The molecule has 0 saturated carbocycles. The molecule has 1 aromatic carbocycles. The summed E-state index contributed by atoms with van der Waals surface area (Å²) in [6.45, 7) is 2.03. The Kier molecular flexibility index (Phi) is 5.45. The van der Waals surface area contributed by atoms with Crippen molar-refractivity contribution in [1.82, 2.24) is 0 Å². The van der Waals surface area contributed by atoms with Crippen LogP contribution in [-0.2, 0) is 9.53 Å². The minimum absolute atomic E-state index is 0.0800. The highest BCUT2D eigenvalue weighted by Crippen LogP contribution is 2.30. The van der Waals surface area contributed by atoms with Crippen LogP contribution >= 0.6 is 0 Å². The number of hydrogen-bond acceptors (Lipinski definition) is 5. The van der Waals surface area contributed by atoms with Crippen LogP contribution in [0, 0.1) is 0 Å². The van der Waals surface area contributed by atoms with Gasteiger partial charge < -0.3 is 19.3 Å². The van der Waals surface area contributed by atoms with Crippen LogP contribution in [0.15, 0.2) is 18.2 Å². The molecule has 0 aliphatic heterocycles. The second-order valence-electron chi connectivity index (χ2n) is 3.64. The molecule has 1 atom stereocenters. The fourth-order valence-corrected chi connectivity index (χ4v) is 1.56. The molecule has 0 aliphatic carbocycles. The number of benzene rings is 1. The number of methoxy groups -OCH3 is 2. The molecule has 5 heteroatoms. The third-order valence-electron chi connectivity index (χ3n) is 2.46. The lowest BCUT2D eigenvalue weighted by Gasteiger charge is -2.13. The van der Waals surface area contributed by atoms with Crippen molar-refractivity contribution in [2.45, 2.75) is 19.4 Å². The first-order valence-corrected chi connectivity index (χ1v) is 5.68. The lowest BCUT2D eigenvalue weighted by molar-refractivity contribution is -0.145. The number of esters is 1. The van der Waals surface area contributed by atoms with Gasteiger partial charge in [0.2, 0.25) is 0 Å². The molecular weight excluding hydrogens is 236 g/mol. The SMILES string of the molecule is CCOC(=O)C[C@H](O)c1ccc(OC)c(OC)c1. The Morgan fingerprint density at radius 3 is 2.50 bits per heavy atom. The molecular formula is C13H18O5. The van der Waals surface area contributed by atoms with Crippen LogP contribution in [0.5, 0.6) is 11.5 Å². The van der Waals surface area contributed by atoms with Crippen molar-refractivity contribution in [3.8, 4) is 11.5 Å². The van der Waals surface area contributed by atoms with Crippen LogP contribution in [0.4, 0.5) is 0 Å². The van der Waals surface area contributed by atoms with Gasteiger partial charge in [-0.25, -0.2) is 0 Å². The first-order valence-electron chi connectivity index (χ1n) is 5.68. The maximum absolute atomic E-state index is 11.3. The van der Waals surface area contributed by atoms with Gasteiger partial charge in [0.1, 0.15) is 0 Å². The minimum Gasteiger partial charge on any atom is -0.493 e. The fraction of sp³-hybridized carbons (Fsp3) is 0.462. The molecule has 0 amide bonds. The van der Waals surface area contributed by atoms with Gasteiger partial charge in [-0.15, -0.1) is 0 Å². The zero-order valence-corrected chi connectivity index (χ0v) is 10.8. The molecule has 0 saturated heterocycles. The van der Waals surface area contributed by atoms with Gasteiger partial charge in [-0.2, -0.15) is 0 Å². The molecule has 0 spiro atoms. The molecule has 0 fully saturated rings. The fourth-order valence-electron chi connectivity index (χ4n) is 1.56. The van der Waals surface area contributed by atoms with Crippen molar-refractivity contribution in [2.75, 3.05) is 20.8 Å². The number of hydrogen-bond donors (Lipinski definition) is 1. The molecule has 0 bridgehead atoms. The van der Waals surface area contributed by atoms with E-state index in [4.69, 9.17) is 14.2 Å². The number of rotatable bonds is 6. The summed E-state index contributed by atoms with van der Waals surface area (Å²) in [4.78, 5) is 11.3. The maximum atomic E-state index is 11.3. The van der Waals surface area contributed by atoms with Crippen molar-refractivity contribution in [1.29, 1.82) is 0 Å². The smallest absolute Gasteiger partial charge is 0.308 e. The monoisotopic (exact) mass is 254 g/mol. The maximum Gasteiger partial charge on any atom is 0.308 e. The van der Waals surface area contributed by atoms with E-state index in [1.54, 1.807) is 25.1 Å². The molecule has 1 aromatic rings. The highest BCUT2D eigenvalue weighted by molar-refractivity contribution is 5.70. The van der Waals surface area contributed by atoms with Gasteiger partial charge in [0.15, 0.2) is 11.5 Å². The zero-order valence-electron chi connectivity index (χ0n) is 10.8. The quantitative estimate of drug-likeness (QED) is 0.782. The summed E-state index contributed by atoms with van der Waals surface area (Å²) in [5.74, 6) is 0.655. The Morgan fingerprint density at radius 2 is 1.94 bits per heavy atom. The van der Waals surface area contributed by atoms with Gasteiger partial charge in [0.25, 0.3) is 0 Å². The molecule has 1 N–H and O–H groups in total. The second-order valence-corrected chi connectivity index (χ2v) is 3.64.